The number of carbonyl (C=O) groups excluding carboxylic acids is 1. The van der Waals surface area contributed by atoms with Crippen molar-refractivity contribution in [1.82, 2.24) is 15.0 Å². The molecule has 0 N–H and O–H groups in total. The Kier molecular flexibility index (Phi) is 5.42. The molecule has 0 saturated carbocycles. The van der Waals surface area contributed by atoms with Crippen LogP contribution in [-0.4, -0.2) is 34.6 Å². The van der Waals surface area contributed by atoms with Crippen LogP contribution in [0.25, 0.3) is 22.2 Å². The first-order valence-corrected chi connectivity index (χ1v) is 10.8. The molecule has 1 aliphatic carbocycles. The number of likely N-dealkylation sites (N-methyl/N-ethyl adjacent to an activating group) is 1. The van der Waals surface area contributed by atoms with E-state index in [-0.39, 0.29) is 24.7 Å². The van der Waals surface area contributed by atoms with Crippen molar-refractivity contribution in [3.05, 3.63) is 75.6 Å². The van der Waals surface area contributed by atoms with Gasteiger partial charge in [0.15, 0.2) is 12.4 Å². The Bertz CT molecular complexity index is 1390. The van der Waals surface area contributed by atoms with Gasteiger partial charge in [-0.25, -0.2) is 4.79 Å². The molecule has 168 valence electrons. The van der Waals surface area contributed by atoms with Gasteiger partial charge in [0.1, 0.15) is 17.0 Å². The van der Waals surface area contributed by atoms with Crippen LogP contribution in [0.5, 0.6) is 5.75 Å². The van der Waals surface area contributed by atoms with Crippen molar-refractivity contribution in [3.8, 4) is 17.0 Å². The number of rotatable bonds is 6. The van der Waals surface area contributed by atoms with Crippen LogP contribution in [0.4, 0.5) is 0 Å². The third kappa shape index (κ3) is 4.00. The minimum Gasteiger partial charge on any atom is -0.483 e. The Balaban J connectivity index is 1.26. The van der Waals surface area contributed by atoms with Crippen molar-refractivity contribution in [2.75, 3.05) is 13.7 Å². The maximum Gasteiger partial charge on any atom is 0.339 e. The lowest BCUT2D eigenvalue weighted by Gasteiger charge is -2.17. The highest BCUT2D eigenvalue weighted by Gasteiger charge is 2.22. The molecule has 0 atom stereocenters. The second-order valence-electron chi connectivity index (χ2n) is 8.22. The summed E-state index contributed by atoms with van der Waals surface area (Å²) < 4.78 is 16.7. The number of fused-ring (bicyclic) bond motifs is 3. The van der Waals surface area contributed by atoms with Gasteiger partial charge in [0.25, 0.3) is 5.91 Å². The molecule has 0 aliphatic heterocycles. The van der Waals surface area contributed by atoms with Crippen LogP contribution in [-0.2, 0) is 24.2 Å². The second-order valence-corrected chi connectivity index (χ2v) is 8.22. The lowest BCUT2D eigenvalue weighted by atomic mass is 10.0. The van der Waals surface area contributed by atoms with Gasteiger partial charge >= 0.3 is 5.63 Å². The fourth-order valence-corrected chi connectivity index (χ4v) is 4.23. The number of aryl methyl sites for hydroxylation is 2. The number of aromatic nitrogens is 2. The third-order valence-electron chi connectivity index (χ3n) is 6.03. The van der Waals surface area contributed by atoms with Crippen molar-refractivity contribution in [3.63, 3.8) is 0 Å². The van der Waals surface area contributed by atoms with Crippen LogP contribution in [0.2, 0.25) is 0 Å². The number of hydrogen-bond donors (Lipinski definition) is 0. The molecule has 3 heterocycles. The predicted octanol–water partition coefficient (Wildman–Crippen LogP) is 3.68. The highest BCUT2D eigenvalue weighted by atomic mass is 16.5. The Hall–Kier alpha value is -3.94. The first-order chi connectivity index (χ1) is 16.0. The van der Waals surface area contributed by atoms with Gasteiger partial charge in [-0.15, -0.1) is 0 Å². The molecule has 4 aromatic rings. The standard InChI is InChI=1S/C25H23N3O5/c1-15-22(9-8-19-18-6-3-7-20(18)25(30)32-24(15)19)31-14-23(29)28(2)13-17-11-21(27-33-17)16-5-4-10-26-12-16/h4-5,8-12H,3,6-7,13-14H2,1-2H3. The fourth-order valence-electron chi connectivity index (χ4n) is 4.23. The summed E-state index contributed by atoms with van der Waals surface area (Å²) >= 11 is 0. The maximum atomic E-state index is 12.6. The molecule has 0 bridgehead atoms. The van der Waals surface area contributed by atoms with Crippen molar-refractivity contribution in [2.24, 2.45) is 0 Å². The summed E-state index contributed by atoms with van der Waals surface area (Å²) in [5.74, 6) is 0.857. The summed E-state index contributed by atoms with van der Waals surface area (Å²) in [6, 6.07) is 9.24. The van der Waals surface area contributed by atoms with E-state index in [1.807, 2.05) is 31.2 Å². The van der Waals surface area contributed by atoms with E-state index in [0.29, 0.717) is 28.4 Å². The van der Waals surface area contributed by atoms with E-state index < -0.39 is 0 Å². The summed E-state index contributed by atoms with van der Waals surface area (Å²) in [4.78, 5) is 30.5. The molecular formula is C25H23N3O5. The molecule has 0 spiro atoms. The van der Waals surface area contributed by atoms with E-state index in [9.17, 15) is 9.59 Å². The Morgan fingerprint density at radius 2 is 2.06 bits per heavy atom. The SMILES string of the molecule is Cc1c(OCC(=O)N(C)Cc2cc(-c3cccnc3)no2)ccc2c3c(c(=O)oc12)CCC3. The van der Waals surface area contributed by atoms with E-state index >= 15 is 0 Å². The van der Waals surface area contributed by atoms with E-state index in [0.717, 1.165) is 41.3 Å². The molecule has 0 saturated heterocycles. The van der Waals surface area contributed by atoms with E-state index in [1.54, 1.807) is 25.5 Å². The van der Waals surface area contributed by atoms with Crippen LogP contribution in [0, 0.1) is 6.92 Å². The molecule has 0 radical (unpaired) electrons. The summed E-state index contributed by atoms with van der Waals surface area (Å²) in [5, 5.41) is 4.99. The number of hydrogen-bond acceptors (Lipinski definition) is 7. The summed E-state index contributed by atoms with van der Waals surface area (Å²) in [5.41, 5.74) is 4.33. The second kappa shape index (κ2) is 8.54. The van der Waals surface area contributed by atoms with Crippen LogP contribution in [0.3, 0.4) is 0 Å². The van der Waals surface area contributed by atoms with E-state index in [1.165, 1.54) is 4.90 Å². The molecule has 5 rings (SSSR count). The van der Waals surface area contributed by atoms with Gasteiger partial charge in [0.2, 0.25) is 0 Å². The fraction of sp³-hybridized carbons (Fsp3) is 0.280. The van der Waals surface area contributed by atoms with Crippen LogP contribution in [0.15, 0.2) is 56.5 Å². The van der Waals surface area contributed by atoms with Gasteiger partial charge in [0, 0.05) is 47.6 Å². The lowest BCUT2D eigenvalue weighted by molar-refractivity contribution is -0.132. The van der Waals surface area contributed by atoms with Crippen molar-refractivity contribution in [2.45, 2.75) is 32.7 Å². The van der Waals surface area contributed by atoms with Gasteiger partial charge in [0.05, 0.1) is 6.54 Å². The van der Waals surface area contributed by atoms with Gasteiger partial charge in [-0.1, -0.05) is 5.16 Å². The number of amides is 1. The molecule has 3 aromatic heterocycles. The Morgan fingerprint density at radius 3 is 2.88 bits per heavy atom. The molecule has 0 unspecified atom stereocenters. The quantitative estimate of drug-likeness (QED) is 0.418. The lowest BCUT2D eigenvalue weighted by Crippen LogP contribution is -2.30. The molecule has 8 heteroatoms. The molecule has 0 fully saturated rings. The Morgan fingerprint density at radius 1 is 1.21 bits per heavy atom. The van der Waals surface area contributed by atoms with Gasteiger partial charge < -0.3 is 18.6 Å². The molecule has 8 nitrogen and oxygen atoms in total. The van der Waals surface area contributed by atoms with Crippen molar-refractivity contribution >= 4 is 16.9 Å². The molecule has 1 aromatic carbocycles. The summed E-state index contributed by atoms with van der Waals surface area (Å²) in [7, 11) is 1.67. The molecule has 1 amide bonds. The number of nitrogens with zero attached hydrogens (tertiary/aromatic N) is 3. The maximum absolute atomic E-state index is 12.6. The minimum absolute atomic E-state index is 0.151. The Labute approximate surface area is 189 Å². The molecule has 33 heavy (non-hydrogen) atoms. The number of carbonyl (C=O) groups is 1. The number of benzene rings is 1. The van der Waals surface area contributed by atoms with Gasteiger partial charge in [-0.2, -0.15) is 0 Å². The minimum atomic E-state index is -0.274. The summed E-state index contributed by atoms with van der Waals surface area (Å²) in [6.07, 6.45) is 6.00. The number of pyridine rings is 1. The average molecular weight is 445 g/mol. The van der Waals surface area contributed by atoms with E-state index in [2.05, 4.69) is 10.1 Å². The normalized spacial score (nSPS) is 12.7. The first-order valence-electron chi connectivity index (χ1n) is 10.8. The highest BCUT2D eigenvalue weighted by molar-refractivity contribution is 5.86. The zero-order valence-corrected chi connectivity index (χ0v) is 18.5. The van der Waals surface area contributed by atoms with Gasteiger partial charge in [-0.05, 0) is 56.0 Å². The van der Waals surface area contributed by atoms with Crippen LogP contribution in [0.1, 0.15) is 28.9 Å². The van der Waals surface area contributed by atoms with Crippen LogP contribution >= 0.6 is 0 Å². The zero-order chi connectivity index (χ0) is 22.9. The molecule has 1 aliphatic rings. The molecular weight excluding hydrogens is 422 g/mol. The first kappa shape index (κ1) is 20.9. The number of ether oxygens (including phenoxy) is 1. The van der Waals surface area contributed by atoms with Crippen LogP contribution < -0.4 is 10.4 Å². The topological polar surface area (TPSA) is 98.7 Å². The highest BCUT2D eigenvalue weighted by Crippen LogP contribution is 2.33. The van der Waals surface area contributed by atoms with E-state index in [4.69, 9.17) is 13.7 Å². The largest absolute Gasteiger partial charge is 0.483 e. The van der Waals surface area contributed by atoms with Crippen molar-refractivity contribution < 1.29 is 18.5 Å². The van der Waals surface area contributed by atoms with Crippen molar-refractivity contribution in [1.29, 1.82) is 0 Å². The average Bonchev–Trinajstić information content (AvgIpc) is 3.50. The smallest absolute Gasteiger partial charge is 0.339 e. The summed E-state index contributed by atoms with van der Waals surface area (Å²) in [6.45, 7) is 1.94. The zero-order valence-electron chi connectivity index (χ0n) is 18.5. The third-order valence-corrected chi connectivity index (χ3v) is 6.03. The predicted molar refractivity (Wildman–Crippen MR) is 121 cm³/mol. The van der Waals surface area contributed by atoms with Gasteiger partial charge in [-0.3, -0.25) is 9.78 Å². The monoisotopic (exact) mass is 445 g/mol.